The van der Waals surface area contributed by atoms with Gasteiger partial charge in [0, 0.05) is 17.7 Å². The molecule has 1 amide bonds. The molecule has 0 bridgehead atoms. The minimum Gasteiger partial charge on any atom is -0.497 e. The van der Waals surface area contributed by atoms with Crippen LogP contribution < -0.4 is 15.6 Å². The van der Waals surface area contributed by atoms with Crippen molar-refractivity contribution in [2.45, 2.75) is 26.4 Å². The zero-order chi connectivity index (χ0) is 16.1. The third-order valence-corrected chi connectivity index (χ3v) is 3.00. The van der Waals surface area contributed by atoms with E-state index in [2.05, 4.69) is 10.4 Å². The van der Waals surface area contributed by atoms with Crippen LogP contribution >= 0.6 is 0 Å². The largest absolute Gasteiger partial charge is 0.497 e. The van der Waals surface area contributed by atoms with Crippen molar-refractivity contribution in [1.82, 2.24) is 15.1 Å². The molecule has 0 unspecified atom stereocenters. The number of benzene rings is 1. The molecule has 0 spiro atoms. The highest BCUT2D eigenvalue weighted by atomic mass is 16.5. The van der Waals surface area contributed by atoms with Crippen molar-refractivity contribution in [2.24, 2.45) is 0 Å². The predicted molar refractivity (Wildman–Crippen MR) is 83.8 cm³/mol. The number of hydrogen-bond donors (Lipinski definition) is 1. The summed E-state index contributed by atoms with van der Waals surface area (Å²) in [7, 11) is 1.60. The molecule has 0 atom stereocenters. The molecule has 0 saturated heterocycles. The lowest BCUT2D eigenvalue weighted by Crippen LogP contribution is -2.36. The quantitative estimate of drug-likeness (QED) is 0.907. The van der Waals surface area contributed by atoms with E-state index in [9.17, 15) is 9.59 Å². The maximum absolute atomic E-state index is 11.8. The van der Waals surface area contributed by atoms with Crippen molar-refractivity contribution in [1.29, 1.82) is 0 Å². The molecular formula is C16H19N3O3. The second-order valence-corrected chi connectivity index (χ2v) is 5.17. The summed E-state index contributed by atoms with van der Waals surface area (Å²) >= 11 is 0. The molecule has 0 saturated carbocycles. The van der Waals surface area contributed by atoms with Crippen LogP contribution in [0.2, 0.25) is 0 Å². The Labute approximate surface area is 128 Å². The van der Waals surface area contributed by atoms with Crippen molar-refractivity contribution in [3.05, 3.63) is 46.8 Å². The lowest BCUT2D eigenvalue weighted by atomic mass is 10.1. The van der Waals surface area contributed by atoms with E-state index in [4.69, 9.17) is 4.74 Å². The van der Waals surface area contributed by atoms with Crippen LogP contribution in [0.3, 0.4) is 0 Å². The van der Waals surface area contributed by atoms with Crippen LogP contribution in [0.25, 0.3) is 11.3 Å². The number of nitrogens with zero attached hydrogens (tertiary/aromatic N) is 2. The summed E-state index contributed by atoms with van der Waals surface area (Å²) in [5.41, 5.74) is 1.16. The molecule has 0 radical (unpaired) electrons. The van der Waals surface area contributed by atoms with Gasteiger partial charge in [0.05, 0.1) is 12.8 Å². The highest BCUT2D eigenvalue weighted by molar-refractivity contribution is 5.75. The average molecular weight is 301 g/mol. The van der Waals surface area contributed by atoms with Gasteiger partial charge in [-0.2, -0.15) is 5.10 Å². The lowest BCUT2D eigenvalue weighted by molar-refractivity contribution is -0.122. The van der Waals surface area contributed by atoms with Gasteiger partial charge in [-0.15, -0.1) is 0 Å². The molecule has 0 aliphatic heterocycles. The standard InChI is InChI=1S/C16H19N3O3/c1-11(2)17-15(20)10-19-16(21)9-8-14(18-19)12-4-6-13(22-3)7-5-12/h4-9,11H,10H2,1-3H3,(H,17,20). The third kappa shape index (κ3) is 3.94. The lowest BCUT2D eigenvalue weighted by Gasteiger charge is -2.10. The number of methoxy groups -OCH3 is 1. The highest BCUT2D eigenvalue weighted by Crippen LogP contribution is 2.19. The van der Waals surface area contributed by atoms with Crippen LogP contribution in [-0.4, -0.2) is 28.8 Å². The minimum atomic E-state index is -0.309. The van der Waals surface area contributed by atoms with E-state index in [0.29, 0.717) is 5.69 Å². The Bertz CT molecular complexity index is 705. The van der Waals surface area contributed by atoms with E-state index in [1.54, 1.807) is 13.2 Å². The molecular weight excluding hydrogens is 282 g/mol. The van der Waals surface area contributed by atoms with Gasteiger partial charge in [0.25, 0.3) is 5.56 Å². The van der Waals surface area contributed by atoms with Crippen LogP contribution in [0.5, 0.6) is 5.75 Å². The molecule has 2 aromatic rings. The van der Waals surface area contributed by atoms with Crippen LogP contribution in [0.1, 0.15) is 13.8 Å². The molecule has 1 N–H and O–H groups in total. The van der Waals surface area contributed by atoms with Crippen LogP contribution in [0.4, 0.5) is 0 Å². The first kappa shape index (κ1) is 15.8. The first-order valence-corrected chi connectivity index (χ1v) is 7.01. The van der Waals surface area contributed by atoms with E-state index in [-0.39, 0.29) is 24.1 Å². The van der Waals surface area contributed by atoms with Crippen molar-refractivity contribution in [3.63, 3.8) is 0 Å². The summed E-state index contributed by atoms with van der Waals surface area (Å²) in [6.45, 7) is 3.63. The number of carbonyl (C=O) groups is 1. The maximum Gasteiger partial charge on any atom is 0.267 e. The van der Waals surface area contributed by atoms with Gasteiger partial charge in [-0.3, -0.25) is 9.59 Å². The van der Waals surface area contributed by atoms with Crippen molar-refractivity contribution in [3.8, 4) is 17.0 Å². The zero-order valence-electron chi connectivity index (χ0n) is 12.9. The Hall–Kier alpha value is -2.63. The van der Waals surface area contributed by atoms with Gasteiger partial charge in [-0.1, -0.05) is 0 Å². The Balaban J connectivity index is 2.25. The molecule has 6 heteroatoms. The van der Waals surface area contributed by atoms with Crippen LogP contribution in [0, 0.1) is 0 Å². The Morgan fingerprint density at radius 3 is 2.50 bits per heavy atom. The van der Waals surface area contributed by atoms with Gasteiger partial charge < -0.3 is 10.1 Å². The van der Waals surface area contributed by atoms with Gasteiger partial charge in [0.2, 0.25) is 5.91 Å². The molecule has 0 aliphatic rings. The molecule has 116 valence electrons. The molecule has 0 aliphatic carbocycles. The highest BCUT2D eigenvalue weighted by Gasteiger charge is 2.09. The van der Waals surface area contributed by atoms with Gasteiger partial charge in [0.1, 0.15) is 12.3 Å². The fraction of sp³-hybridized carbons (Fsp3) is 0.312. The normalized spacial score (nSPS) is 10.5. The fourth-order valence-electron chi connectivity index (χ4n) is 1.98. The smallest absolute Gasteiger partial charge is 0.267 e. The van der Waals surface area contributed by atoms with Crippen molar-refractivity contribution < 1.29 is 9.53 Å². The third-order valence-electron chi connectivity index (χ3n) is 3.00. The zero-order valence-corrected chi connectivity index (χ0v) is 12.9. The predicted octanol–water partition coefficient (Wildman–Crippen LogP) is 1.44. The van der Waals surface area contributed by atoms with E-state index < -0.39 is 0 Å². The molecule has 22 heavy (non-hydrogen) atoms. The van der Waals surface area contributed by atoms with Gasteiger partial charge >= 0.3 is 0 Å². The Kier molecular flexibility index (Phi) is 4.93. The molecule has 1 aromatic heterocycles. The summed E-state index contributed by atoms with van der Waals surface area (Å²) in [4.78, 5) is 23.6. The topological polar surface area (TPSA) is 73.2 Å². The number of nitrogens with one attached hydrogen (secondary N) is 1. The minimum absolute atomic E-state index is 0.0213. The van der Waals surface area contributed by atoms with Gasteiger partial charge in [-0.05, 0) is 44.2 Å². The Morgan fingerprint density at radius 2 is 1.91 bits per heavy atom. The summed E-state index contributed by atoms with van der Waals surface area (Å²) < 4.78 is 6.27. The van der Waals surface area contributed by atoms with E-state index >= 15 is 0 Å². The van der Waals surface area contributed by atoms with Crippen LogP contribution in [0.15, 0.2) is 41.2 Å². The van der Waals surface area contributed by atoms with Gasteiger partial charge in [0.15, 0.2) is 0 Å². The first-order valence-electron chi connectivity index (χ1n) is 7.01. The number of hydrogen-bond acceptors (Lipinski definition) is 4. The number of aromatic nitrogens is 2. The fourth-order valence-corrected chi connectivity index (χ4v) is 1.98. The Morgan fingerprint density at radius 1 is 1.23 bits per heavy atom. The molecule has 6 nitrogen and oxygen atoms in total. The molecule has 1 aromatic carbocycles. The summed E-state index contributed by atoms with van der Waals surface area (Å²) in [6, 6.07) is 10.4. The number of amides is 1. The van der Waals surface area contributed by atoms with Gasteiger partial charge in [-0.25, -0.2) is 4.68 Å². The number of ether oxygens (including phenoxy) is 1. The van der Waals surface area contributed by atoms with E-state index in [1.807, 2.05) is 38.1 Å². The summed E-state index contributed by atoms with van der Waals surface area (Å²) in [6.07, 6.45) is 0. The van der Waals surface area contributed by atoms with Crippen molar-refractivity contribution in [2.75, 3.05) is 7.11 Å². The maximum atomic E-state index is 11.8. The number of rotatable bonds is 5. The van der Waals surface area contributed by atoms with E-state index in [1.165, 1.54) is 6.07 Å². The second kappa shape index (κ2) is 6.89. The van der Waals surface area contributed by atoms with Crippen LogP contribution in [-0.2, 0) is 11.3 Å². The second-order valence-electron chi connectivity index (χ2n) is 5.17. The summed E-state index contributed by atoms with van der Waals surface area (Å²) in [5, 5.41) is 6.99. The molecule has 1 heterocycles. The molecule has 0 fully saturated rings. The van der Waals surface area contributed by atoms with E-state index in [0.717, 1.165) is 16.0 Å². The number of carbonyl (C=O) groups excluding carboxylic acids is 1. The monoisotopic (exact) mass is 301 g/mol. The first-order chi connectivity index (χ1) is 10.5. The molecule has 2 rings (SSSR count). The summed E-state index contributed by atoms with van der Waals surface area (Å²) in [5.74, 6) is 0.505. The van der Waals surface area contributed by atoms with Crippen molar-refractivity contribution >= 4 is 5.91 Å². The SMILES string of the molecule is COc1ccc(-c2ccc(=O)n(CC(=O)NC(C)C)n2)cc1. The average Bonchev–Trinajstić information content (AvgIpc) is 2.49.